The number of hydrogen-bond acceptors (Lipinski definition) is 4. The third-order valence-corrected chi connectivity index (χ3v) is 5.44. The minimum absolute atomic E-state index is 0.00233. The molecule has 2 aromatic heterocycles. The van der Waals surface area contributed by atoms with E-state index < -0.39 is 0 Å². The largest absolute Gasteiger partial charge is 0.381 e. The number of nitrogens with two attached hydrogens (primary N) is 1. The van der Waals surface area contributed by atoms with E-state index in [1.807, 2.05) is 23.9 Å². The molecule has 1 saturated heterocycles. The lowest BCUT2D eigenvalue weighted by atomic mass is 9.96. The Morgan fingerprint density at radius 2 is 2.29 bits per heavy atom. The van der Waals surface area contributed by atoms with E-state index in [-0.39, 0.29) is 12.1 Å². The maximum Gasteiger partial charge on any atom is 0.0954 e. The van der Waals surface area contributed by atoms with Crippen LogP contribution in [0.25, 0.3) is 0 Å². The van der Waals surface area contributed by atoms with Gasteiger partial charge in [0.05, 0.1) is 30.7 Å². The molecule has 5 heteroatoms. The number of nitrogens with zero attached hydrogens (tertiary/aromatic N) is 2. The Kier molecular flexibility index (Phi) is 4.15. The SMILES string of the molecule is Cc1cc(C(C)n2cncc2C(N)C2CCOC2)c(C)s1. The molecule has 0 saturated carbocycles. The van der Waals surface area contributed by atoms with E-state index in [0.29, 0.717) is 5.92 Å². The number of hydrogen-bond donors (Lipinski definition) is 1. The minimum atomic E-state index is -0.00233. The van der Waals surface area contributed by atoms with Crippen molar-refractivity contribution < 1.29 is 4.74 Å². The molecule has 0 radical (unpaired) electrons. The van der Waals surface area contributed by atoms with Gasteiger partial charge in [-0.1, -0.05) is 0 Å². The summed E-state index contributed by atoms with van der Waals surface area (Å²) >= 11 is 1.85. The van der Waals surface area contributed by atoms with E-state index in [4.69, 9.17) is 10.5 Å². The Morgan fingerprint density at radius 1 is 1.48 bits per heavy atom. The van der Waals surface area contributed by atoms with Crippen LogP contribution in [0.1, 0.15) is 46.4 Å². The normalized spacial score (nSPS) is 21.6. The Labute approximate surface area is 129 Å². The average Bonchev–Trinajstić information content (AvgIpc) is 3.17. The van der Waals surface area contributed by atoms with E-state index in [9.17, 15) is 0 Å². The van der Waals surface area contributed by atoms with Crippen LogP contribution in [-0.2, 0) is 4.74 Å². The summed E-state index contributed by atoms with van der Waals surface area (Å²) in [6.07, 6.45) is 4.85. The summed E-state index contributed by atoms with van der Waals surface area (Å²) in [7, 11) is 0. The minimum Gasteiger partial charge on any atom is -0.381 e. The summed E-state index contributed by atoms with van der Waals surface area (Å²) < 4.78 is 7.70. The highest BCUT2D eigenvalue weighted by Crippen LogP contribution is 2.32. The molecule has 4 nitrogen and oxygen atoms in total. The molecular formula is C16H23N3OS. The number of aryl methyl sites for hydroxylation is 2. The summed E-state index contributed by atoms with van der Waals surface area (Å²) in [4.78, 5) is 7.07. The van der Waals surface area contributed by atoms with Crippen LogP contribution < -0.4 is 5.73 Å². The number of rotatable bonds is 4. The molecule has 21 heavy (non-hydrogen) atoms. The molecule has 1 aliphatic rings. The second kappa shape index (κ2) is 5.91. The molecule has 114 valence electrons. The van der Waals surface area contributed by atoms with Gasteiger partial charge in [0.1, 0.15) is 0 Å². The highest BCUT2D eigenvalue weighted by atomic mass is 32.1. The predicted octanol–water partition coefficient (Wildman–Crippen LogP) is 3.21. The van der Waals surface area contributed by atoms with Gasteiger partial charge < -0.3 is 15.0 Å². The molecule has 0 bridgehead atoms. The molecule has 2 N–H and O–H groups in total. The number of imidazole rings is 1. The van der Waals surface area contributed by atoms with Crippen molar-refractivity contribution >= 4 is 11.3 Å². The third kappa shape index (κ3) is 2.78. The fraction of sp³-hybridized carbons (Fsp3) is 0.562. The zero-order valence-corrected chi connectivity index (χ0v) is 13.7. The lowest BCUT2D eigenvalue weighted by Gasteiger charge is -2.23. The first-order valence-corrected chi connectivity index (χ1v) is 8.31. The van der Waals surface area contributed by atoms with Gasteiger partial charge in [-0.05, 0) is 38.8 Å². The van der Waals surface area contributed by atoms with Gasteiger partial charge in [-0.2, -0.15) is 0 Å². The average molecular weight is 305 g/mol. The number of ether oxygens (including phenoxy) is 1. The molecule has 2 aromatic rings. The van der Waals surface area contributed by atoms with Crippen molar-refractivity contribution in [3.05, 3.63) is 39.6 Å². The standard InChI is InChI=1S/C16H23N3OS/c1-10-6-14(12(3)21-10)11(2)19-9-18-7-15(19)16(17)13-4-5-20-8-13/h6-7,9,11,13,16H,4-5,8,17H2,1-3H3. The molecule has 0 amide bonds. The van der Waals surface area contributed by atoms with E-state index in [1.165, 1.54) is 15.3 Å². The molecule has 3 unspecified atom stereocenters. The van der Waals surface area contributed by atoms with Crippen molar-refractivity contribution in [3.8, 4) is 0 Å². The topological polar surface area (TPSA) is 53.1 Å². The third-order valence-electron chi connectivity index (χ3n) is 4.46. The second-order valence-electron chi connectivity index (χ2n) is 5.92. The van der Waals surface area contributed by atoms with Gasteiger partial charge in [0, 0.05) is 28.5 Å². The van der Waals surface area contributed by atoms with Crippen LogP contribution in [0, 0.1) is 19.8 Å². The predicted molar refractivity (Wildman–Crippen MR) is 85.7 cm³/mol. The first-order valence-electron chi connectivity index (χ1n) is 7.50. The van der Waals surface area contributed by atoms with Crippen LogP contribution in [0.3, 0.4) is 0 Å². The van der Waals surface area contributed by atoms with Crippen molar-refractivity contribution in [3.63, 3.8) is 0 Å². The smallest absolute Gasteiger partial charge is 0.0954 e. The van der Waals surface area contributed by atoms with E-state index in [2.05, 4.69) is 36.4 Å². The number of thiophene rings is 1. The molecule has 0 aromatic carbocycles. The van der Waals surface area contributed by atoms with Crippen LogP contribution in [-0.4, -0.2) is 22.8 Å². The van der Waals surface area contributed by atoms with Crippen molar-refractivity contribution in [1.29, 1.82) is 0 Å². The van der Waals surface area contributed by atoms with Gasteiger partial charge in [0.25, 0.3) is 0 Å². The van der Waals surface area contributed by atoms with E-state index >= 15 is 0 Å². The van der Waals surface area contributed by atoms with Crippen LogP contribution in [0.15, 0.2) is 18.6 Å². The lowest BCUT2D eigenvalue weighted by Crippen LogP contribution is -2.25. The summed E-state index contributed by atoms with van der Waals surface area (Å²) in [5.74, 6) is 0.401. The molecule has 0 spiro atoms. The van der Waals surface area contributed by atoms with Gasteiger partial charge in [-0.15, -0.1) is 11.3 Å². The Balaban J connectivity index is 1.89. The van der Waals surface area contributed by atoms with Crippen LogP contribution in [0.5, 0.6) is 0 Å². The van der Waals surface area contributed by atoms with Crippen molar-refractivity contribution in [2.45, 2.75) is 39.3 Å². The van der Waals surface area contributed by atoms with Gasteiger partial charge in [-0.3, -0.25) is 0 Å². The molecule has 3 rings (SSSR count). The van der Waals surface area contributed by atoms with E-state index in [1.54, 1.807) is 0 Å². The van der Waals surface area contributed by atoms with Crippen LogP contribution in [0.2, 0.25) is 0 Å². The Morgan fingerprint density at radius 3 is 2.90 bits per heavy atom. The van der Waals surface area contributed by atoms with Gasteiger partial charge in [-0.25, -0.2) is 4.98 Å². The van der Waals surface area contributed by atoms with Crippen molar-refractivity contribution in [2.75, 3.05) is 13.2 Å². The Hall–Kier alpha value is -1.17. The van der Waals surface area contributed by atoms with Crippen molar-refractivity contribution in [2.24, 2.45) is 11.7 Å². The van der Waals surface area contributed by atoms with Gasteiger partial charge >= 0.3 is 0 Å². The number of aromatic nitrogens is 2. The summed E-state index contributed by atoms with van der Waals surface area (Å²) in [5, 5.41) is 0. The van der Waals surface area contributed by atoms with Gasteiger partial charge in [0.2, 0.25) is 0 Å². The molecular weight excluding hydrogens is 282 g/mol. The molecule has 0 aliphatic carbocycles. The summed E-state index contributed by atoms with van der Waals surface area (Å²) in [6.45, 7) is 8.15. The maximum atomic E-state index is 6.47. The first kappa shape index (κ1) is 14.8. The molecule has 3 atom stereocenters. The van der Waals surface area contributed by atoms with Crippen LogP contribution >= 0.6 is 11.3 Å². The monoisotopic (exact) mass is 305 g/mol. The quantitative estimate of drug-likeness (QED) is 0.943. The van der Waals surface area contributed by atoms with E-state index in [0.717, 1.165) is 25.3 Å². The second-order valence-corrected chi connectivity index (χ2v) is 7.38. The first-order chi connectivity index (χ1) is 10.1. The zero-order valence-electron chi connectivity index (χ0n) is 12.9. The fourth-order valence-corrected chi connectivity index (χ4v) is 4.21. The van der Waals surface area contributed by atoms with Crippen molar-refractivity contribution in [1.82, 2.24) is 9.55 Å². The van der Waals surface area contributed by atoms with Crippen LogP contribution in [0.4, 0.5) is 0 Å². The maximum absolute atomic E-state index is 6.47. The lowest BCUT2D eigenvalue weighted by molar-refractivity contribution is 0.180. The summed E-state index contributed by atoms with van der Waals surface area (Å²) in [6, 6.07) is 2.54. The van der Waals surface area contributed by atoms with Gasteiger partial charge in [0.15, 0.2) is 0 Å². The highest BCUT2D eigenvalue weighted by molar-refractivity contribution is 7.12. The molecule has 3 heterocycles. The highest BCUT2D eigenvalue weighted by Gasteiger charge is 2.27. The Bertz CT molecular complexity index is 613. The zero-order chi connectivity index (χ0) is 15.0. The fourth-order valence-electron chi connectivity index (χ4n) is 3.19. The summed E-state index contributed by atoms with van der Waals surface area (Å²) in [5.41, 5.74) is 8.95. The molecule has 1 aliphatic heterocycles. The molecule has 1 fully saturated rings.